The summed E-state index contributed by atoms with van der Waals surface area (Å²) < 4.78 is 0. The van der Waals surface area contributed by atoms with E-state index in [1.807, 2.05) is 6.92 Å². The second kappa shape index (κ2) is 6.97. The van der Waals surface area contributed by atoms with Crippen LogP contribution in [0.2, 0.25) is 0 Å². The molecule has 1 fully saturated rings. The van der Waals surface area contributed by atoms with Crippen molar-refractivity contribution < 1.29 is 4.79 Å². The SMILES string of the molecule is CC(=O)Nc1cc(NC2CCCCC2C(C)C)ccc1C. The van der Waals surface area contributed by atoms with E-state index in [9.17, 15) is 4.79 Å². The second-order valence-corrected chi connectivity index (χ2v) is 6.65. The molecule has 1 aromatic rings. The minimum atomic E-state index is -0.0204. The molecule has 116 valence electrons. The summed E-state index contributed by atoms with van der Waals surface area (Å²) in [7, 11) is 0. The fourth-order valence-electron chi connectivity index (χ4n) is 3.39. The van der Waals surface area contributed by atoms with Crippen LogP contribution >= 0.6 is 0 Å². The van der Waals surface area contributed by atoms with Gasteiger partial charge in [-0.05, 0) is 49.3 Å². The molecule has 0 radical (unpaired) electrons. The van der Waals surface area contributed by atoms with Gasteiger partial charge < -0.3 is 10.6 Å². The smallest absolute Gasteiger partial charge is 0.221 e. The molecule has 3 nitrogen and oxygen atoms in total. The van der Waals surface area contributed by atoms with Gasteiger partial charge in [0.1, 0.15) is 0 Å². The third-order valence-corrected chi connectivity index (χ3v) is 4.58. The minimum absolute atomic E-state index is 0.0204. The molecule has 1 aliphatic carbocycles. The summed E-state index contributed by atoms with van der Waals surface area (Å²) >= 11 is 0. The van der Waals surface area contributed by atoms with Gasteiger partial charge in [-0.1, -0.05) is 32.8 Å². The van der Waals surface area contributed by atoms with Crippen molar-refractivity contribution in [2.24, 2.45) is 11.8 Å². The van der Waals surface area contributed by atoms with Crippen molar-refractivity contribution in [1.82, 2.24) is 0 Å². The Kier molecular flexibility index (Phi) is 5.27. The zero-order valence-corrected chi connectivity index (χ0v) is 13.7. The van der Waals surface area contributed by atoms with E-state index >= 15 is 0 Å². The van der Waals surface area contributed by atoms with Crippen LogP contribution in [0.15, 0.2) is 18.2 Å². The summed E-state index contributed by atoms with van der Waals surface area (Å²) in [4.78, 5) is 11.3. The van der Waals surface area contributed by atoms with E-state index < -0.39 is 0 Å². The quantitative estimate of drug-likeness (QED) is 0.851. The average Bonchev–Trinajstić information content (AvgIpc) is 2.42. The number of hydrogen-bond acceptors (Lipinski definition) is 2. The topological polar surface area (TPSA) is 41.1 Å². The number of carbonyl (C=O) groups is 1. The first-order valence-electron chi connectivity index (χ1n) is 8.12. The van der Waals surface area contributed by atoms with Crippen molar-refractivity contribution in [2.45, 2.75) is 59.4 Å². The number of anilines is 2. The lowest BCUT2D eigenvalue weighted by Crippen LogP contribution is -2.35. The average molecular weight is 288 g/mol. The highest BCUT2D eigenvalue weighted by molar-refractivity contribution is 5.90. The second-order valence-electron chi connectivity index (χ2n) is 6.65. The lowest BCUT2D eigenvalue weighted by Gasteiger charge is -2.35. The van der Waals surface area contributed by atoms with Crippen LogP contribution in [0.4, 0.5) is 11.4 Å². The van der Waals surface area contributed by atoms with E-state index in [4.69, 9.17) is 0 Å². The normalized spacial score (nSPS) is 22.1. The first kappa shape index (κ1) is 15.9. The highest BCUT2D eigenvalue weighted by atomic mass is 16.1. The molecule has 1 amide bonds. The molecule has 2 unspecified atom stereocenters. The lowest BCUT2D eigenvalue weighted by atomic mass is 9.78. The van der Waals surface area contributed by atoms with Gasteiger partial charge in [0.2, 0.25) is 5.91 Å². The maximum atomic E-state index is 11.3. The van der Waals surface area contributed by atoms with Gasteiger partial charge in [-0.25, -0.2) is 0 Å². The number of hydrogen-bond donors (Lipinski definition) is 2. The van der Waals surface area contributed by atoms with Crippen LogP contribution < -0.4 is 10.6 Å². The van der Waals surface area contributed by atoms with Gasteiger partial charge in [0.15, 0.2) is 0 Å². The zero-order chi connectivity index (χ0) is 15.4. The van der Waals surface area contributed by atoms with E-state index in [0.29, 0.717) is 12.0 Å². The lowest BCUT2D eigenvalue weighted by molar-refractivity contribution is -0.114. The standard InChI is InChI=1S/C18H28N2O/c1-12(2)16-7-5-6-8-17(16)20-15-10-9-13(3)18(11-15)19-14(4)21/h9-12,16-17,20H,5-8H2,1-4H3,(H,19,21). The van der Waals surface area contributed by atoms with Crippen molar-refractivity contribution in [3.8, 4) is 0 Å². The maximum absolute atomic E-state index is 11.3. The molecule has 1 saturated carbocycles. The third kappa shape index (κ3) is 4.23. The molecule has 3 heteroatoms. The molecule has 0 heterocycles. The van der Waals surface area contributed by atoms with Gasteiger partial charge in [0.25, 0.3) is 0 Å². The molecule has 0 spiro atoms. The van der Waals surface area contributed by atoms with Crippen molar-refractivity contribution in [3.05, 3.63) is 23.8 Å². The molecular formula is C18H28N2O. The van der Waals surface area contributed by atoms with Crippen LogP contribution in [-0.2, 0) is 4.79 Å². The highest BCUT2D eigenvalue weighted by Gasteiger charge is 2.27. The van der Waals surface area contributed by atoms with E-state index in [-0.39, 0.29) is 5.91 Å². The Morgan fingerprint density at radius 3 is 2.62 bits per heavy atom. The summed E-state index contributed by atoms with van der Waals surface area (Å²) in [6.45, 7) is 8.22. The van der Waals surface area contributed by atoms with Crippen molar-refractivity contribution >= 4 is 17.3 Å². The Morgan fingerprint density at radius 2 is 1.95 bits per heavy atom. The Morgan fingerprint density at radius 1 is 1.24 bits per heavy atom. The molecule has 0 saturated heterocycles. The van der Waals surface area contributed by atoms with Crippen LogP contribution in [0.5, 0.6) is 0 Å². The van der Waals surface area contributed by atoms with E-state index in [1.54, 1.807) is 6.92 Å². The van der Waals surface area contributed by atoms with Gasteiger partial charge in [0.05, 0.1) is 0 Å². The predicted octanol–water partition coefficient (Wildman–Crippen LogP) is 4.58. The summed E-state index contributed by atoms with van der Waals surface area (Å²) in [5.41, 5.74) is 3.12. The van der Waals surface area contributed by atoms with Crippen molar-refractivity contribution in [1.29, 1.82) is 0 Å². The highest BCUT2D eigenvalue weighted by Crippen LogP contribution is 2.33. The van der Waals surface area contributed by atoms with Crippen LogP contribution in [0.1, 0.15) is 52.0 Å². The molecule has 21 heavy (non-hydrogen) atoms. The number of nitrogens with one attached hydrogen (secondary N) is 2. The number of benzene rings is 1. The van der Waals surface area contributed by atoms with Crippen LogP contribution in [0.25, 0.3) is 0 Å². The monoisotopic (exact) mass is 288 g/mol. The fraction of sp³-hybridized carbons (Fsp3) is 0.611. The molecule has 0 bridgehead atoms. The number of aryl methyl sites for hydroxylation is 1. The van der Waals surface area contributed by atoms with Crippen LogP contribution in [-0.4, -0.2) is 11.9 Å². The van der Waals surface area contributed by atoms with Crippen molar-refractivity contribution in [2.75, 3.05) is 10.6 Å². The summed E-state index contributed by atoms with van der Waals surface area (Å²) in [6, 6.07) is 6.79. The molecule has 0 aliphatic heterocycles. The molecule has 1 aromatic carbocycles. The third-order valence-electron chi connectivity index (χ3n) is 4.58. The van der Waals surface area contributed by atoms with E-state index in [0.717, 1.165) is 22.9 Å². The first-order chi connectivity index (χ1) is 9.97. The summed E-state index contributed by atoms with van der Waals surface area (Å²) in [5.74, 6) is 1.43. The van der Waals surface area contributed by atoms with Gasteiger partial charge in [-0.2, -0.15) is 0 Å². The van der Waals surface area contributed by atoms with Gasteiger partial charge in [-0.3, -0.25) is 4.79 Å². The Labute approximate surface area is 128 Å². The molecular weight excluding hydrogens is 260 g/mol. The summed E-state index contributed by atoms with van der Waals surface area (Å²) in [5, 5.41) is 6.61. The van der Waals surface area contributed by atoms with E-state index in [1.165, 1.54) is 25.7 Å². The molecule has 0 aromatic heterocycles. The van der Waals surface area contributed by atoms with Crippen LogP contribution in [0.3, 0.4) is 0 Å². The fourth-order valence-corrected chi connectivity index (χ4v) is 3.39. The molecule has 2 N–H and O–H groups in total. The molecule has 2 rings (SSSR count). The van der Waals surface area contributed by atoms with Crippen LogP contribution in [0, 0.1) is 18.8 Å². The zero-order valence-electron chi connectivity index (χ0n) is 13.7. The Hall–Kier alpha value is -1.51. The van der Waals surface area contributed by atoms with Crippen molar-refractivity contribution in [3.63, 3.8) is 0 Å². The summed E-state index contributed by atoms with van der Waals surface area (Å²) in [6.07, 6.45) is 5.23. The molecule has 1 aliphatic rings. The number of rotatable bonds is 4. The predicted molar refractivity (Wildman–Crippen MR) is 89.7 cm³/mol. The van der Waals surface area contributed by atoms with Gasteiger partial charge in [0, 0.05) is 24.3 Å². The number of amides is 1. The Balaban J connectivity index is 2.12. The number of carbonyl (C=O) groups excluding carboxylic acids is 1. The van der Waals surface area contributed by atoms with Gasteiger partial charge >= 0.3 is 0 Å². The minimum Gasteiger partial charge on any atom is -0.382 e. The first-order valence-corrected chi connectivity index (χ1v) is 8.12. The molecule has 2 atom stereocenters. The largest absolute Gasteiger partial charge is 0.382 e. The van der Waals surface area contributed by atoms with Gasteiger partial charge in [-0.15, -0.1) is 0 Å². The maximum Gasteiger partial charge on any atom is 0.221 e. The Bertz CT molecular complexity index is 496. The van der Waals surface area contributed by atoms with E-state index in [2.05, 4.69) is 42.7 Å².